The van der Waals surface area contributed by atoms with Gasteiger partial charge in [0.2, 0.25) is 11.8 Å². The number of hydrogen-bond donors (Lipinski definition) is 2. The molecule has 1 aromatic heterocycles. The number of hydrogen-bond acceptors (Lipinski definition) is 5. The fraction of sp³-hybridized carbons (Fsp3) is 0.125. The average Bonchev–Trinajstić information content (AvgIpc) is 3.22. The van der Waals surface area contributed by atoms with Crippen molar-refractivity contribution in [2.24, 2.45) is 0 Å². The van der Waals surface area contributed by atoms with Crippen molar-refractivity contribution < 1.29 is 9.21 Å². The first kappa shape index (κ1) is 22.3. The SMILES string of the molecule is CCc1ccc2oc(-c3cccc(NC(=S)NC(=O)CSc4ccc(Cl)cc4)c3)nc2c1. The van der Waals surface area contributed by atoms with E-state index in [4.69, 9.17) is 28.2 Å². The first-order valence-electron chi connectivity index (χ1n) is 9.99. The van der Waals surface area contributed by atoms with Gasteiger partial charge in [0.1, 0.15) is 5.52 Å². The number of carbonyl (C=O) groups is 1. The van der Waals surface area contributed by atoms with E-state index in [1.165, 1.54) is 17.3 Å². The second-order valence-electron chi connectivity index (χ2n) is 7.00. The van der Waals surface area contributed by atoms with Crippen LogP contribution in [0.5, 0.6) is 0 Å². The molecule has 0 atom stereocenters. The summed E-state index contributed by atoms with van der Waals surface area (Å²) in [7, 11) is 0. The number of nitrogens with one attached hydrogen (secondary N) is 2. The molecule has 0 radical (unpaired) electrons. The molecule has 3 aromatic carbocycles. The van der Waals surface area contributed by atoms with Gasteiger partial charge in [-0.05, 0) is 78.8 Å². The molecule has 5 nitrogen and oxygen atoms in total. The van der Waals surface area contributed by atoms with Crippen LogP contribution in [0.3, 0.4) is 0 Å². The number of rotatable bonds is 6. The number of carbonyl (C=O) groups excluding carboxylic acids is 1. The number of fused-ring (bicyclic) bond motifs is 1. The van der Waals surface area contributed by atoms with Crippen LogP contribution in [0.2, 0.25) is 5.02 Å². The van der Waals surface area contributed by atoms with E-state index in [1.54, 1.807) is 12.1 Å². The Morgan fingerprint density at radius 3 is 2.72 bits per heavy atom. The molecule has 0 saturated heterocycles. The van der Waals surface area contributed by atoms with Gasteiger partial charge in [0, 0.05) is 21.2 Å². The summed E-state index contributed by atoms with van der Waals surface area (Å²) in [6.45, 7) is 2.11. The average molecular weight is 482 g/mol. The lowest BCUT2D eigenvalue weighted by molar-refractivity contribution is -0.117. The van der Waals surface area contributed by atoms with Crippen LogP contribution < -0.4 is 10.6 Å². The predicted octanol–water partition coefficient (Wildman–Crippen LogP) is 6.32. The van der Waals surface area contributed by atoms with Crippen molar-refractivity contribution in [1.29, 1.82) is 0 Å². The number of amides is 1. The van der Waals surface area contributed by atoms with E-state index in [1.807, 2.05) is 54.6 Å². The Morgan fingerprint density at radius 1 is 1.12 bits per heavy atom. The highest BCUT2D eigenvalue weighted by Gasteiger charge is 2.11. The second-order valence-corrected chi connectivity index (χ2v) is 8.89. The van der Waals surface area contributed by atoms with Gasteiger partial charge in [-0.2, -0.15) is 0 Å². The van der Waals surface area contributed by atoms with Gasteiger partial charge in [-0.3, -0.25) is 4.79 Å². The Hall–Kier alpha value is -2.87. The van der Waals surface area contributed by atoms with Crippen LogP contribution in [-0.2, 0) is 11.2 Å². The molecule has 32 heavy (non-hydrogen) atoms. The molecule has 0 spiro atoms. The molecule has 0 unspecified atom stereocenters. The summed E-state index contributed by atoms with van der Waals surface area (Å²) >= 11 is 12.6. The minimum atomic E-state index is -0.190. The van der Waals surface area contributed by atoms with Gasteiger partial charge in [0.05, 0.1) is 5.75 Å². The maximum Gasteiger partial charge on any atom is 0.236 e. The Labute approximate surface area is 200 Å². The van der Waals surface area contributed by atoms with Crippen LogP contribution in [-0.4, -0.2) is 21.8 Å². The summed E-state index contributed by atoms with van der Waals surface area (Å²) in [5.74, 6) is 0.585. The predicted molar refractivity (Wildman–Crippen MR) is 135 cm³/mol. The molecule has 0 fully saturated rings. The summed E-state index contributed by atoms with van der Waals surface area (Å²) in [5, 5.41) is 6.64. The fourth-order valence-electron chi connectivity index (χ4n) is 3.05. The van der Waals surface area contributed by atoms with Crippen molar-refractivity contribution in [2.75, 3.05) is 11.1 Å². The first-order valence-corrected chi connectivity index (χ1v) is 11.8. The molecule has 0 aliphatic heterocycles. The molecule has 0 aliphatic carbocycles. The number of anilines is 1. The number of oxazole rings is 1. The summed E-state index contributed by atoms with van der Waals surface area (Å²) < 4.78 is 5.91. The molecule has 0 bridgehead atoms. The summed E-state index contributed by atoms with van der Waals surface area (Å²) in [6, 6.07) is 20.9. The number of thioether (sulfide) groups is 1. The zero-order valence-electron chi connectivity index (χ0n) is 17.2. The Kier molecular flexibility index (Phi) is 7.09. The van der Waals surface area contributed by atoms with E-state index < -0.39 is 0 Å². The van der Waals surface area contributed by atoms with E-state index in [-0.39, 0.29) is 16.8 Å². The normalized spacial score (nSPS) is 10.8. The topological polar surface area (TPSA) is 67.2 Å². The molecule has 0 aliphatic rings. The minimum Gasteiger partial charge on any atom is -0.436 e. The molecular weight excluding hydrogens is 462 g/mol. The van der Waals surface area contributed by atoms with Crippen molar-refractivity contribution in [2.45, 2.75) is 18.2 Å². The van der Waals surface area contributed by atoms with Crippen molar-refractivity contribution >= 4 is 63.4 Å². The second kappa shape index (κ2) is 10.2. The third-order valence-corrected chi connectivity index (χ3v) is 6.13. The lowest BCUT2D eigenvalue weighted by atomic mass is 10.1. The van der Waals surface area contributed by atoms with E-state index in [0.717, 1.165) is 33.7 Å². The van der Waals surface area contributed by atoms with E-state index in [0.29, 0.717) is 10.9 Å². The quantitative estimate of drug-likeness (QED) is 0.248. The zero-order valence-corrected chi connectivity index (χ0v) is 19.6. The molecule has 4 aromatic rings. The summed E-state index contributed by atoms with van der Waals surface area (Å²) in [5.41, 5.74) is 4.34. The zero-order chi connectivity index (χ0) is 22.5. The van der Waals surface area contributed by atoms with Gasteiger partial charge in [0.15, 0.2) is 10.7 Å². The van der Waals surface area contributed by atoms with Gasteiger partial charge >= 0.3 is 0 Å². The third kappa shape index (κ3) is 5.68. The summed E-state index contributed by atoms with van der Waals surface area (Å²) in [6.07, 6.45) is 0.943. The van der Waals surface area contributed by atoms with Gasteiger partial charge in [0.25, 0.3) is 0 Å². The third-order valence-electron chi connectivity index (χ3n) is 4.66. The highest BCUT2D eigenvalue weighted by Crippen LogP contribution is 2.27. The van der Waals surface area contributed by atoms with E-state index in [9.17, 15) is 4.79 Å². The Morgan fingerprint density at radius 2 is 1.94 bits per heavy atom. The molecular formula is C24H20ClN3O2S2. The van der Waals surface area contributed by atoms with Crippen LogP contribution in [0.15, 0.2) is 76.0 Å². The number of nitrogens with zero attached hydrogens (tertiary/aromatic N) is 1. The minimum absolute atomic E-state index is 0.190. The molecule has 2 N–H and O–H groups in total. The van der Waals surface area contributed by atoms with Gasteiger partial charge in [-0.1, -0.05) is 30.7 Å². The first-order chi connectivity index (χ1) is 15.5. The monoisotopic (exact) mass is 481 g/mol. The molecule has 162 valence electrons. The Bertz CT molecular complexity index is 1270. The standard InChI is InChI=1S/C24H20ClN3O2S2/c1-2-15-6-11-21-20(12-15)27-23(30-21)16-4-3-5-18(13-16)26-24(31)28-22(29)14-32-19-9-7-17(25)8-10-19/h3-13H,2,14H2,1H3,(H2,26,28,29,31). The molecule has 0 saturated carbocycles. The van der Waals surface area contributed by atoms with Crippen molar-refractivity contribution in [3.63, 3.8) is 0 Å². The van der Waals surface area contributed by atoms with Gasteiger partial charge in [-0.15, -0.1) is 11.8 Å². The molecule has 4 rings (SSSR count). The lowest BCUT2D eigenvalue weighted by Crippen LogP contribution is -2.35. The van der Waals surface area contributed by atoms with Gasteiger partial charge in [-0.25, -0.2) is 4.98 Å². The van der Waals surface area contributed by atoms with Crippen LogP contribution >= 0.6 is 35.6 Å². The van der Waals surface area contributed by atoms with Crippen molar-refractivity contribution in [1.82, 2.24) is 10.3 Å². The number of halogens is 1. The van der Waals surface area contributed by atoms with Crippen LogP contribution in [0, 0.1) is 0 Å². The maximum atomic E-state index is 12.2. The van der Waals surface area contributed by atoms with E-state index >= 15 is 0 Å². The number of aromatic nitrogens is 1. The van der Waals surface area contributed by atoms with Crippen LogP contribution in [0.25, 0.3) is 22.6 Å². The van der Waals surface area contributed by atoms with Gasteiger partial charge < -0.3 is 15.1 Å². The smallest absolute Gasteiger partial charge is 0.236 e. The number of aryl methyl sites for hydroxylation is 1. The summed E-state index contributed by atoms with van der Waals surface area (Å²) in [4.78, 5) is 17.8. The van der Waals surface area contributed by atoms with E-state index in [2.05, 4.69) is 22.5 Å². The fourth-order valence-corrected chi connectivity index (χ4v) is 4.11. The van der Waals surface area contributed by atoms with Crippen molar-refractivity contribution in [3.8, 4) is 11.5 Å². The molecule has 1 heterocycles. The highest BCUT2D eigenvalue weighted by atomic mass is 35.5. The molecule has 8 heteroatoms. The van der Waals surface area contributed by atoms with Crippen molar-refractivity contribution in [3.05, 3.63) is 77.3 Å². The Balaban J connectivity index is 1.37. The largest absolute Gasteiger partial charge is 0.436 e. The lowest BCUT2D eigenvalue weighted by Gasteiger charge is -2.10. The molecule has 1 amide bonds. The number of thiocarbonyl (C=S) groups is 1. The highest BCUT2D eigenvalue weighted by molar-refractivity contribution is 8.00. The number of benzene rings is 3. The van der Waals surface area contributed by atoms with Crippen LogP contribution in [0.1, 0.15) is 12.5 Å². The van der Waals surface area contributed by atoms with Crippen LogP contribution in [0.4, 0.5) is 5.69 Å². The maximum absolute atomic E-state index is 12.2.